The first kappa shape index (κ1) is 26.3. The number of nitrogens with one attached hydrogen (secondary N) is 1. The Morgan fingerprint density at radius 2 is 1.56 bits per heavy atom. The van der Waals surface area contributed by atoms with Gasteiger partial charge in [0.15, 0.2) is 0 Å². The lowest BCUT2D eigenvalue weighted by Gasteiger charge is -2.39. The van der Waals surface area contributed by atoms with Gasteiger partial charge in [-0.15, -0.1) is 24.8 Å². The highest BCUT2D eigenvalue weighted by molar-refractivity contribution is 5.85. The molecule has 0 spiro atoms. The highest BCUT2D eigenvalue weighted by Crippen LogP contribution is 2.42. The Labute approximate surface area is 167 Å². The maximum atomic E-state index is 13.5. The van der Waals surface area contributed by atoms with Gasteiger partial charge in [0, 0.05) is 32.2 Å². The van der Waals surface area contributed by atoms with Crippen molar-refractivity contribution < 1.29 is 26.3 Å². The number of rotatable bonds is 4. The minimum absolute atomic E-state index is 0. The quantitative estimate of drug-likeness (QED) is 0.616. The molecule has 2 atom stereocenters. The largest absolute Gasteiger partial charge is 0.416 e. The van der Waals surface area contributed by atoms with Gasteiger partial charge in [0.2, 0.25) is 0 Å². The smallest absolute Gasteiger partial charge is 0.314 e. The predicted octanol–water partition coefficient (Wildman–Crippen LogP) is 5.56. The van der Waals surface area contributed by atoms with Crippen molar-refractivity contribution in [3.05, 3.63) is 34.9 Å². The van der Waals surface area contributed by atoms with Gasteiger partial charge in [0.1, 0.15) is 0 Å². The van der Waals surface area contributed by atoms with Gasteiger partial charge >= 0.3 is 12.4 Å². The molecule has 1 aliphatic heterocycles. The van der Waals surface area contributed by atoms with Crippen LogP contribution < -0.4 is 5.32 Å². The first-order valence-electron chi connectivity index (χ1n) is 8.28. The van der Waals surface area contributed by atoms with Crippen molar-refractivity contribution in [3.63, 3.8) is 0 Å². The Morgan fingerprint density at radius 1 is 1.00 bits per heavy atom. The van der Waals surface area contributed by atoms with Crippen LogP contribution in [0.5, 0.6) is 0 Å². The zero-order chi connectivity index (χ0) is 18.8. The van der Waals surface area contributed by atoms with Crippen molar-refractivity contribution in [2.24, 2.45) is 5.92 Å². The maximum Gasteiger partial charge on any atom is 0.416 e. The molecule has 0 aromatic heterocycles. The second kappa shape index (κ2) is 10.2. The Hall–Kier alpha value is -0.700. The SMILES string of the molecule is CCC(C)[C@@H](c1ccc(C(F)(F)F)cc1C(F)(F)F)N1CCNCC1.Cl.Cl. The van der Waals surface area contributed by atoms with E-state index in [-0.39, 0.29) is 42.4 Å². The van der Waals surface area contributed by atoms with Crippen LogP contribution in [-0.2, 0) is 12.4 Å². The van der Waals surface area contributed by atoms with Crippen molar-refractivity contribution >= 4 is 24.8 Å². The first-order chi connectivity index (χ1) is 11.6. The summed E-state index contributed by atoms with van der Waals surface area (Å²) in [5.74, 6) is -0.115. The van der Waals surface area contributed by atoms with E-state index >= 15 is 0 Å². The number of hydrogen-bond acceptors (Lipinski definition) is 2. The fraction of sp³-hybridized carbons (Fsp3) is 0.647. The van der Waals surface area contributed by atoms with E-state index < -0.39 is 29.5 Å². The Bertz CT molecular complexity index is 586. The first-order valence-corrected chi connectivity index (χ1v) is 8.28. The van der Waals surface area contributed by atoms with Gasteiger partial charge in [-0.3, -0.25) is 4.90 Å². The summed E-state index contributed by atoms with van der Waals surface area (Å²) < 4.78 is 79.2. The standard InChI is InChI=1S/C17H22F6N2.2ClH/c1-3-11(2)15(25-8-6-24-7-9-25)13-5-4-12(16(18,19)20)10-14(13)17(21,22)23;;/h4-5,10-11,15,24H,3,6-9H2,1-2H3;2*1H/t11?,15-;;/m0../s1. The molecule has 158 valence electrons. The molecule has 0 radical (unpaired) electrons. The minimum atomic E-state index is -4.84. The van der Waals surface area contributed by atoms with Crippen LogP contribution in [-0.4, -0.2) is 31.1 Å². The van der Waals surface area contributed by atoms with Crippen molar-refractivity contribution in [2.45, 2.75) is 38.7 Å². The summed E-state index contributed by atoms with van der Waals surface area (Å²) in [5.41, 5.74) is -2.53. The molecule has 10 heteroatoms. The lowest BCUT2D eigenvalue weighted by molar-refractivity contribution is -0.144. The van der Waals surface area contributed by atoms with Gasteiger partial charge in [-0.05, 0) is 23.6 Å². The second-order valence-electron chi connectivity index (χ2n) is 6.41. The van der Waals surface area contributed by atoms with Crippen molar-refractivity contribution in [3.8, 4) is 0 Å². The molecule has 0 aliphatic carbocycles. The molecule has 0 saturated carbocycles. The number of alkyl halides is 6. The molecule has 27 heavy (non-hydrogen) atoms. The Kier molecular flexibility index (Phi) is 9.92. The zero-order valence-corrected chi connectivity index (χ0v) is 16.6. The fourth-order valence-corrected chi connectivity index (χ4v) is 3.28. The van der Waals surface area contributed by atoms with Crippen LogP contribution in [0.2, 0.25) is 0 Å². The molecule has 0 amide bonds. The van der Waals surface area contributed by atoms with Gasteiger partial charge in [-0.2, -0.15) is 26.3 Å². The van der Waals surface area contributed by atoms with Crippen LogP contribution in [0.25, 0.3) is 0 Å². The Balaban J connectivity index is 0.00000338. The third-order valence-corrected chi connectivity index (χ3v) is 4.73. The number of piperazine rings is 1. The van der Waals surface area contributed by atoms with Crippen LogP contribution in [0.3, 0.4) is 0 Å². The molecule has 1 fully saturated rings. The fourth-order valence-electron chi connectivity index (χ4n) is 3.28. The molecule has 1 unspecified atom stereocenters. The van der Waals surface area contributed by atoms with E-state index in [9.17, 15) is 26.3 Å². The third kappa shape index (κ3) is 6.41. The predicted molar refractivity (Wildman–Crippen MR) is 97.6 cm³/mol. The van der Waals surface area contributed by atoms with Crippen molar-refractivity contribution in [2.75, 3.05) is 26.2 Å². The molecular formula is C17H24Cl2F6N2. The number of benzene rings is 1. The van der Waals surface area contributed by atoms with Gasteiger partial charge in [-0.25, -0.2) is 0 Å². The molecule has 1 N–H and O–H groups in total. The number of halogens is 8. The zero-order valence-electron chi connectivity index (χ0n) is 15.0. The molecule has 2 nitrogen and oxygen atoms in total. The normalized spacial score (nSPS) is 18.2. The average Bonchev–Trinajstić information content (AvgIpc) is 2.54. The summed E-state index contributed by atoms with van der Waals surface area (Å²) in [6, 6.07) is 1.44. The molecule has 1 heterocycles. The monoisotopic (exact) mass is 440 g/mol. The van der Waals surface area contributed by atoms with E-state index in [1.54, 1.807) is 0 Å². The molecule has 0 bridgehead atoms. The van der Waals surface area contributed by atoms with Gasteiger partial charge < -0.3 is 5.32 Å². The Morgan fingerprint density at radius 3 is 2.00 bits per heavy atom. The lowest BCUT2D eigenvalue weighted by Crippen LogP contribution is -2.47. The third-order valence-electron chi connectivity index (χ3n) is 4.73. The van der Waals surface area contributed by atoms with Crippen LogP contribution >= 0.6 is 24.8 Å². The molecular weight excluding hydrogens is 417 g/mol. The van der Waals surface area contributed by atoms with Gasteiger partial charge in [-0.1, -0.05) is 26.3 Å². The maximum absolute atomic E-state index is 13.5. The topological polar surface area (TPSA) is 15.3 Å². The van der Waals surface area contributed by atoms with Crippen molar-refractivity contribution in [1.82, 2.24) is 10.2 Å². The molecule has 1 aliphatic rings. The summed E-state index contributed by atoms with van der Waals surface area (Å²) in [6.45, 7) is 6.13. The van der Waals surface area contributed by atoms with Crippen LogP contribution in [0.15, 0.2) is 18.2 Å². The van der Waals surface area contributed by atoms with Crippen LogP contribution in [0.4, 0.5) is 26.3 Å². The highest BCUT2D eigenvalue weighted by atomic mass is 35.5. The van der Waals surface area contributed by atoms with E-state index in [1.807, 2.05) is 18.7 Å². The number of nitrogens with zero attached hydrogens (tertiary/aromatic N) is 1. The van der Waals surface area contributed by atoms with Crippen LogP contribution in [0.1, 0.15) is 43.0 Å². The summed E-state index contributed by atoms with van der Waals surface area (Å²) in [5, 5.41) is 3.14. The van der Waals surface area contributed by atoms with E-state index in [0.717, 1.165) is 12.1 Å². The van der Waals surface area contributed by atoms with Gasteiger partial charge in [0.25, 0.3) is 0 Å². The van der Waals surface area contributed by atoms with E-state index in [4.69, 9.17) is 0 Å². The molecule has 2 rings (SSSR count). The molecule has 1 aromatic carbocycles. The minimum Gasteiger partial charge on any atom is -0.314 e. The van der Waals surface area contributed by atoms with E-state index in [0.29, 0.717) is 32.6 Å². The summed E-state index contributed by atoms with van der Waals surface area (Å²) in [6.07, 6.45) is -9.01. The second-order valence-corrected chi connectivity index (χ2v) is 6.41. The highest BCUT2D eigenvalue weighted by Gasteiger charge is 2.41. The summed E-state index contributed by atoms with van der Waals surface area (Å²) in [4.78, 5) is 1.93. The van der Waals surface area contributed by atoms with E-state index in [1.165, 1.54) is 0 Å². The number of hydrogen-bond donors (Lipinski definition) is 1. The van der Waals surface area contributed by atoms with Gasteiger partial charge in [0.05, 0.1) is 11.1 Å². The average molecular weight is 441 g/mol. The van der Waals surface area contributed by atoms with Crippen LogP contribution in [0, 0.1) is 5.92 Å². The summed E-state index contributed by atoms with van der Waals surface area (Å²) in [7, 11) is 0. The van der Waals surface area contributed by atoms with Crippen molar-refractivity contribution in [1.29, 1.82) is 0 Å². The molecule has 1 saturated heterocycles. The molecule has 1 aromatic rings. The van der Waals surface area contributed by atoms with E-state index in [2.05, 4.69) is 5.32 Å². The summed E-state index contributed by atoms with van der Waals surface area (Å²) >= 11 is 0. The lowest BCUT2D eigenvalue weighted by atomic mass is 9.86.